The summed E-state index contributed by atoms with van der Waals surface area (Å²) in [6.45, 7) is 5.53. The molecule has 1 N–H and O–H groups in total. The second-order valence-electron chi connectivity index (χ2n) is 5.23. The number of thiophene rings is 1. The molecule has 0 radical (unpaired) electrons. The molecule has 1 atom stereocenters. The lowest BCUT2D eigenvalue weighted by Gasteiger charge is -2.14. The first-order chi connectivity index (χ1) is 11.9. The summed E-state index contributed by atoms with van der Waals surface area (Å²) in [5.41, 5.74) is 0.339. The summed E-state index contributed by atoms with van der Waals surface area (Å²) < 4.78 is 23.4. The van der Waals surface area contributed by atoms with Gasteiger partial charge in [0.2, 0.25) is 0 Å². The second-order valence-corrected chi connectivity index (χ2v) is 6.37. The average molecular weight is 365 g/mol. The maximum Gasteiger partial charge on any atom is 0.341 e. The van der Waals surface area contributed by atoms with Gasteiger partial charge in [0, 0.05) is 4.88 Å². The van der Waals surface area contributed by atoms with Gasteiger partial charge < -0.3 is 14.8 Å². The molecule has 25 heavy (non-hydrogen) atoms. The molecule has 1 aromatic carbocycles. The minimum absolute atomic E-state index is 0.258. The highest BCUT2D eigenvalue weighted by Crippen LogP contribution is 2.29. The molecule has 1 aromatic heterocycles. The Morgan fingerprint density at radius 2 is 1.92 bits per heavy atom. The SMILES string of the molecule is CCOC(=O)c1cc(CC)sc1NC(=O)C(C)Oc1ccc(F)cc1. The first-order valence-corrected chi connectivity index (χ1v) is 8.79. The molecule has 0 aliphatic rings. The molecule has 0 fully saturated rings. The van der Waals surface area contributed by atoms with Crippen molar-refractivity contribution < 1.29 is 23.5 Å². The van der Waals surface area contributed by atoms with Crippen molar-refractivity contribution in [3.8, 4) is 5.75 Å². The molecule has 0 saturated carbocycles. The number of halogens is 1. The van der Waals surface area contributed by atoms with Gasteiger partial charge in [-0.2, -0.15) is 0 Å². The van der Waals surface area contributed by atoms with Crippen LogP contribution in [0.25, 0.3) is 0 Å². The third-order valence-electron chi connectivity index (χ3n) is 3.36. The summed E-state index contributed by atoms with van der Waals surface area (Å²) in [4.78, 5) is 25.4. The van der Waals surface area contributed by atoms with Crippen LogP contribution in [0.1, 0.15) is 36.0 Å². The van der Waals surface area contributed by atoms with Crippen molar-refractivity contribution in [1.29, 1.82) is 0 Å². The van der Waals surface area contributed by atoms with Gasteiger partial charge in [0.1, 0.15) is 16.6 Å². The van der Waals surface area contributed by atoms with Crippen LogP contribution in [0.2, 0.25) is 0 Å². The molecule has 0 aliphatic heterocycles. The highest BCUT2D eigenvalue weighted by molar-refractivity contribution is 7.16. The molecule has 5 nitrogen and oxygen atoms in total. The van der Waals surface area contributed by atoms with Gasteiger partial charge in [0.25, 0.3) is 5.91 Å². The lowest BCUT2D eigenvalue weighted by atomic mass is 10.2. The summed E-state index contributed by atoms with van der Waals surface area (Å²) in [5, 5.41) is 3.16. The van der Waals surface area contributed by atoms with E-state index in [1.54, 1.807) is 19.9 Å². The molecule has 0 aliphatic carbocycles. The third kappa shape index (κ3) is 5.03. The molecule has 2 aromatic rings. The van der Waals surface area contributed by atoms with Crippen LogP contribution in [0, 0.1) is 5.82 Å². The van der Waals surface area contributed by atoms with Gasteiger partial charge in [-0.05, 0) is 50.6 Å². The molecule has 134 valence electrons. The number of anilines is 1. The number of hydrogen-bond acceptors (Lipinski definition) is 5. The minimum atomic E-state index is -0.812. The molecular weight excluding hydrogens is 345 g/mol. The molecule has 2 rings (SSSR count). The number of amides is 1. The van der Waals surface area contributed by atoms with E-state index in [2.05, 4.69) is 5.32 Å². The second kappa shape index (κ2) is 8.62. The van der Waals surface area contributed by atoms with Crippen LogP contribution in [0.4, 0.5) is 9.39 Å². The Morgan fingerprint density at radius 1 is 1.24 bits per heavy atom. The number of nitrogens with one attached hydrogen (secondary N) is 1. The highest BCUT2D eigenvalue weighted by Gasteiger charge is 2.22. The zero-order valence-electron chi connectivity index (χ0n) is 14.3. The highest BCUT2D eigenvalue weighted by atomic mass is 32.1. The Balaban J connectivity index is 2.09. The number of carbonyl (C=O) groups excluding carboxylic acids is 2. The fraction of sp³-hybridized carbons (Fsp3) is 0.333. The molecule has 0 saturated heterocycles. The van der Waals surface area contributed by atoms with Crippen LogP contribution in [-0.4, -0.2) is 24.6 Å². The van der Waals surface area contributed by atoms with E-state index in [9.17, 15) is 14.0 Å². The summed E-state index contributed by atoms with van der Waals surface area (Å²) in [7, 11) is 0. The summed E-state index contributed by atoms with van der Waals surface area (Å²) in [6, 6.07) is 7.13. The van der Waals surface area contributed by atoms with Crippen LogP contribution < -0.4 is 10.1 Å². The van der Waals surface area contributed by atoms with Crippen LogP contribution in [0.5, 0.6) is 5.75 Å². The fourth-order valence-corrected chi connectivity index (χ4v) is 3.04. The molecule has 0 spiro atoms. The van der Waals surface area contributed by atoms with Crippen molar-refractivity contribution in [3.05, 3.63) is 46.6 Å². The number of ether oxygens (including phenoxy) is 2. The molecule has 1 amide bonds. The lowest BCUT2D eigenvalue weighted by molar-refractivity contribution is -0.122. The standard InChI is InChI=1S/C18H20FNO4S/c1-4-14-10-15(18(22)23-5-2)17(25-14)20-16(21)11(3)24-13-8-6-12(19)7-9-13/h6-11H,4-5H2,1-3H3,(H,20,21). The number of benzene rings is 1. The summed E-state index contributed by atoms with van der Waals surface area (Å²) in [5.74, 6) is -0.871. The number of aryl methyl sites for hydroxylation is 1. The van der Waals surface area contributed by atoms with Crippen molar-refractivity contribution >= 4 is 28.2 Å². The van der Waals surface area contributed by atoms with Gasteiger partial charge in [-0.3, -0.25) is 4.79 Å². The first kappa shape index (κ1) is 18.9. The Hall–Kier alpha value is -2.41. The molecule has 1 heterocycles. The maximum atomic E-state index is 12.9. The van der Waals surface area contributed by atoms with E-state index in [-0.39, 0.29) is 12.4 Å². The smallest absolute Gasteiger partial charge is 0.341 e. The Bertz CT molecular complexity index is 742. The largest absolute Gasteiger partial charge is 0.481 e. The molecular formula is C18H20FNO4S. The number of carbonyl (C=O) groups is 2. The Labute approximate surface area is 149 Å². The van der Waals surface area contributed by atoms with Gasteiger partial charge in [-0.15, -0.1) is 11.3 Å². The monoisotopic (exact) mass is 365 g/mol. The van der Waals surface area contributed by atoms with E-state index < -0.39 is 18.0 Å². The quantitative estimate of drug-likeness (QED) is 0.753. The average Bonchev–Trinajstić information content (AvgIpc) is 3.00. The number of esters is 1. The summed E-state index contributed by atoms with van der Waals surface area (Å²) >= 11 is 1.33. The molecule has 7 heteroatoms. The summed E-state index contributed by atoms with van der Waals surface area (Å²) in [6.07, 6.45) is -0.0677. The van der Waals surface area contributed by atoms with Crippen LogP contribution >= 0.6 is 11.3 Å². The van der Waals surface area contributed by atoms with E-state index in [1.165, 1.54) is 35.6 Å². The van der Waals surface area contributed by atoms with Crippen molar-refractivity contribution in [2.45, 2.75) is 33.3 Å². The van der Waals surface area contributed by atoms with E-state index in [4.69, 9.17) is 9.47 Å². The predicted molar refractivity (Wildman–Crippen MR) is 94.8 cm³/mol. The third-order valence-corrected chi connectivity index (χ3v) is 4.55. The number of hydrogen-bond donors (Lipinski definition) is 1. The van der Waals surface area contributed by atoms with Crippen LogP contribution in [-0.2, 0) is 16.0 Å². The Morgan fingerprint density at radius 3 is 2.52 bits per heavy atom. The van der Waals surface area contributed by atoms with Crippen molar-refractivity contribution in [2.75, 3.05) is 11.9 Å². The molecule has 0 bridgehead atoms. The zero-order chi connectivity index (χ0) is 18.4. The van der Waals surface area contributed by atoms with Gasteiger partial charge >= 0.3 is 5.97 Å². The lowest BCUT2D eigenvalue weighted by Crippen LogP contribution is -2.30. The van der Waals surface area contributed by atoms with E-state index in [0.29, 0.717) is 16.3 Å². The van der Waals surface area contributed by atoms with E-state index in [1.807, 2.05) is 6.92 Å². The van der Waals surface area contributed by atoms with Gasteiger partial charge in [-0.1, -0.05) is 6.92 Å². The van der Waals surface area contributed by atoms with Gasteiger partial charge in [0.15, 0.2) is 6.10 Å². The number of rotatable bonds is 7. The van der Waals surface area contributed by atoms with Crippen molar-refractivity contribution in [2.24, 2.45) is 0 Å². The zero-order valence-corrected chi connectivity index (χ0v) is 15.1. The minimum Gasteiger partial charge on any atom is -0.481 e. The van der Waals surface area contributed by atoms with Crippen molar-refractivity contribution in [1.82, 2.24) is 0 Å². The topological polar surface area (TPSA) is 64.6 Å². The Kier molecular flexibility index (Phi) is 6.52. The van der Waals surface area contributed by atoms with Crippen molar-refractivity contribution in [3.63, 3.8) is 0 Å². The van der Waals surface area contributed by atoms with Crippen LogP contribution in [0.15, 0.2) is 30.3 Å². The van der Waals surface area contributed by atoms with Crippen LogP contribution in [0.3, 0.4) is 0 Å². The first-order valence-electron chi connectivity index (χ1n) is 7.97. The van der Waals surface area contributed by atoms with E-state index >= 15 is 0 Å². The normalized spacial score (nSPS) is 11.7. The maximum absolute atomic E-state index is 12.9. The predicted octanol–water partition coefficient (Wildman–Crippen LogP) is 4.03. The van der Waals surface area contributed by atoms with Gasteiger partial charge in [0.05, 0.1) is 12.2 Å². The fourth-order valence-electron chi connectivity index (χ4n) is 2.05. The van der Waals surface area contributed by atoms with E-state index in [0.717, 1.165) is 11.3 Å². The molecule has 1 unspecified atom stereocenters. The van der Waals surface area contributed by atoms with Gasteiger partial charge in [-0.25, -0.2) is 9.18 Å².